The molecular weight excluding hydrogens is 291 g/mol. The standard InChI is InChI=1S/C11H18N4O2.2ClH/c1-16-7-11-13-10(14-17-11)6-15-4-8-2-3-12-9(8)5-15;;/h8-9,12H,2-7H2,1H3;2*1H/t8-,9+;;/m0../s1. The lowest BCUT2D eigenvalue weighted by Gasteiger charge is -2.13. The molecule has 0 aliphatic carbocycles. The van der Waals surface area contributed by atoms with E-state index in [0.717, 1.165) is 31.4 Å². The van der Waals surface area contributed by atoms with Crippen LogP contribution in [-0.2, 0) is 17.9 Å². The van der Waals surface area contributed by atoms with E-state index in [1.54, 1.807) is 7.11 Å². The Morgan fingerprint density at radius 3 is 3.00 bits per heavy atom. The highest BCUT2D eigenvalue weighted by atomic mass is 35.5. The molecule has 19 heavy (non-hydrogen) atoms. The lowest BCUT2D eigenvalue weighted by molar-refractivity contribution is 0.151. The van der Waals surface area contributed by atoms with Crippen LogP contribution in [0.1, 0.15) is 18.1 Å². The summed E-state index contributed by atoms with van der Waals surface area (Å²) in [5, 5.41) is 7.50. The minimum atomic E-state index is 0. The van der Waals surface area contributed by atoms with E-state index in [-0.39, 0.29) is 24.8 Å². The fraction of sp³-hybridized carbons (Fsp3) is 0.818. The van der Waals surface area contributed by atoms with E-state index in [9.17, 15) is 0 Å². The van der Waals surface area contributed by atoms with E-state index in [4.69, 9.17) is 9.26 Å². The summed E-state index contributed by atoms with van der Waals surface area (Å²) in [5.74, 6) is 2.12. The maximum absolute atomic E-state index is 5.08. The smallest absolute Gasteiger partial charge is 0.252 e. The monoisotopic (exact) mass is 310 g/mol. The second-order valence-electron chi connectivity index (χ2n) is 4.84. The Kier molecular flexibility index (Phi) is 6.49. The lowest BCUT2D eigenvalue weighted by atomic mass is 10.1. The highest BCUT2D eigenvalue weighted by molar-refractivity contribution is 5.85. The van der Waals surface area contributed by atoms with Gasteiger partial charge in [-0.2, -0.15) is 4.98 Å². The fourth-order valence-corrected chi connectivity index (χ4v) is 2.80. The molecule has 1 aromatic rings. The van der Waals surface area contributed by atoms with Crippen molar-refractivity contribution in [1.82, 2.24) is 20.4 Å². The van der Waals surface area contributed by atoms with Gasteiger partial charge in [0, 0.05) is 26.2 Å². The molecule has 110 valence electrons. The number of fused-ring (bicyclic) bond motifs is 1. The lowest BCUT2D eigenvalue weighted by Crippen LogP contribution is -2.30. The molecule has 3 rings (SSSR count). The molecule has 2 saturated heterocycles. The molecule has 0 bridgehead atoms. The van der Waals surface area contributed by atoms with E-state index in [2.05, 4.69) is 20.4 Å². The first-order valence-corrected chi connectivity index (χ1v) is 6.11. The van der Waals surface area contributed by atoms with Gasteiger partial charge in [-0.25, -0.2) is 0 Å². The number of nitrogens with one attached hydrogen (secondary N) is 1. The van der Waals surface area contributed by atoms with Crippen molar-refractivity contribution in [2.75, 3.05) is 26.7 Å². The molecule has 2 aliphatic rings. The van der Waals surface area contributed by atoms with Crippen molar-refractivity contribution in [2.45, 2.75) is 25.6 Å². The van der Waals surface area contributed by atoms with Crippen molar-refractivity contribution in [3.63, 3.8) is 0 Å². The number of likely N-dealkylation sites (tertiary alicyclic amines) is 1. The van der Waals surface area contributed by atoms with Gasteiger partial charge in [0.25, 0.3) is 5.89 Å². The van der Waals surface area contributed by atoms with Crippen LogP contribution in [0.25, 0.3) is 0 Å². The number of hydrogen-bond acceptors (Lipinski definition) is 6. The molecule has 6 nitrogen and oxygen atoms in total. The normalized spacial score (nSPS) is 25.7. The maximum Gasteiger partial charge on any atom is 0.252 e. The number of methoxy groups -OCH3 is 1. The summed E-state index contributed by atoms with van der Waals surface area (Å²) in [5.41, 5.74) is 0. The summed E-state index contributed by atoms with van der Waals surface area (Å²) in [6, 6.07) is 0.667. The fourth-order valence-electron chi connectivity index (χ4n) is 2.80. The van der Waals surface area contributed by atoms with Crippen LogP contribution in [-0.4, -0.2) is 47.8 Å². The van der Waals surface area contributed by atoms with Crippen molar-refractivity contribution in [3.8, 4) is 0 Å². The zero-order chi connectivity index (χ0) is 11.7. The molecule has 2 atom stereocenters. The molecule has 1 N–H and O–H groups in total. The Morgan fingerprint density at radius 1 is 1.42 bits per heavy atom. The first-order valence-electron chi connectivity index (χ1n) is 6.11. The number of halogens is 2. The van der Waals surface area contributed by atoms with Gasteiger partial charge < -0.3 is 14.6 Å². The van der Waals surface area contributed by atoms with Gasteiger partial charge in [-0.1, -0.05) is 5.16 Å². The van der Waals surface area contributed by atoms with Gasteiger partial charge in [0.1, 0.15) is 6.61 Å². The maximum atomic E-state index is 5.08. The Bertz CT molecular complexity index is 379. The van der Waals surface area contributed by atoms with Crippen molar-refractivity contribution in [1.29, 1.82) is 0 Å². The molecular formula is C11H20Cl2N4O2. The molecule has 8 heteroatoms. The van der Waals surface area contributed by atoms with Gasteiger partial charge in [-0.15, -0.1) is 24.8 Å². The van der Waals surface area contributed by atoms with Crippen LogP contribution in [0, 0.1) is 5.92 Å². The third-order valence-electron chi connectivity index (χ3n) is 3.58. The van der Waals surface area contributed by atoms with Gasteiger partial charge in [-0.3, -0.25) is 4.90 Å². The summed E-state index contributed by atoms with van der Waals surface area (Å²) in [6.07, 6.45) is 1.29. The molecule has 0 spiro atoms. The van der Waals surface area contributed by atoms with Gasteiger partial charge in [-0.05, 0) is 18.9 Å². The van der Waals surface area contributed by atoms with E-state index in [1.165, 1.54) is 13.0 Å². The summed E-state index contributed by atoms with van der Waals surface area (Å²) < 4.78 is 10.0. The van der Waals surface area contributed by atoms with Gasteiger partial charge in [0.2, 0.25) is 0 Å². The highest BCUT2D eigenvalue weighted by Crippen LogP contribution is 2.25. The number of ether oxygens (including phenoxy) is 1. The minimum Gasteiger partial charge on any atom is -0.375 e. The van der Waals surface area contributed by atoms with Crippen LogP contribution in [0.5, 0.6) is 0 Å². The van der Waals surface area contributed by atoms with E-state index in [1.807, 2.05) is 0 Å². The summed E-state index contributed by atoms with van der Waals surface area (Å²) in [7, 11) is 1.62. The molecule has 0 amide bonds. The number of nitrogens with zero attached hydrogens (tertiary/aromatic N) is 3. The number of hydrogen-bond donors (Lipinski definition) is 1. The Hall–Kier alpha value is -0.400. The molecule has 2 fully saturated rings. The van der Waals surface area contributed by atoms with Crippen molar-refractivity contribution in [2.24, 2.45) is 5.92 Å². The molecule has 1 aromatic heterocycles. The van der Waals surface area contributed by atoms with Crippen molar-refractivity contribution >= 4 is 24.8 Å². The first-order chi connectivity index (χ1) is 8.35. The predicted octanol–water partition coefficient (Wildman–Crippen LogP) is 0.853. The summed E-state index contributed by atoms with van der Waals surface area (Å²) in [4.78, 5) is 6.68. The average molecular weight is 311 g/mol. The van der Waals surface area contributed by atoms with Crippen molar-refractivity contribution < 1.29 is 9.26 Å². The number of aromatic nitrogens is 2. The highest BCUT2D eigenvalue weighted by Gasteiger charge is 2.36. The van der Waals surface area contributed by atoms with Crippen LogP contribution in [0.2, 0.25) is 0 Å². The second kappa shape index (κ2) is 7.40. The van der Waals surface area contributed by atoms with Crippen LogP contribution >= 0.6 is 24.8 Å². The zero-order valence-corrected chi connectivity index (χ0v) is 12.5. The molecule has 3 heterocycles. The van der Waals surface area contributed by atoms with E-state index in [0.29, 0.717) is 18.5 Å². The van der Waals surface area contributed by atoms with E-state index < -0.39 is 0 Å². The van der Waals surface area contributed by atoms with Gasteiger partial charge in [0.05, 0.1) is 6.54 Å². The van der Waals surface area contributed by atoms with Crippen molar-refractivity contribution in [3.05, 3.63) is 11.7 Å². The third-order valence-corrected chi connectivity index (χ3v) is 3.58. The molecule has 0 aromatic carbocycles. The van der Waals surface area contributed by atoms with E-state index >= 15 is 0 Å². The predicted molar refractivity (Wildman–Crippen MR) is 74.7 cm³/mol. The summed E-state index contributed by atoms with van der Waals surface area (Å²) in [6.45, 7) is 4.58. The average Bonchev–Trinajstić information content (AvgIpc) is 2.95. The molecule has 0 saturated carbocycles. The number of rotatable bonds is 4. The molecule has 0 unspecified atom stereocenters. The molecule has 2 aliphatic heterocycles. The topological polar surface area (TPSA) is 63.4 Å². The van der Waals surface area contributed by atoms with Crippen LogP contribution in [0.4, 0.5) is 0 Å². The Balaban J connectivity index is 0.000000902. The Morgan fingerprint density at radius 2 is 2.26 bits per heavy atom. The minimum absolute atomic E-state index is 0. The Labute approximate surface area is 125 Å². The summed E-state index contributed by atoms with van der Waals surface area (Å²) >= 11 is 0. The third kappa shape index (κ3) is 3.79. The quantitative estimate of drug-likeness (QED) is 0.889. The van der Waals surface area contributed by atoms with Crippen LogP contribution < -0.4 is 5.32 Å². The second-order valence-corrected chi connectivity index (χ2v) is 4.84. The van der Waals surface area contributed by atoms with Gasteiger partial charge >= 0.3 is 0 Å². The molecule has 0 radical (unpaired) electrons. The van der Waals surface area contributed by atoms with Crippen LogP contribution in [0.15, 0.2) is 4.52 Å². The van der Waals surface area contributed by atoms with Gasteiger partial charge in [0.15, 0.2) is 5.82 Å². The van der Waals surface area contributed by atoms with Crippen LogP contribution in [0.3, 0.4) is 0 Å². The first kappa shape index (κ1) is 16.7. The SMILES string of the molecule is COCc1nc(CN2C[C@@H]3CCN[C@@H]3C2)no1.Cl.Cl. The zero-order valence-electron chi connectivity index (χ0n) is 10.9. The largest absolute Gasteiger partial charge is 0.375 e.